The average Bonchev–Trinajstić information content (AvgIpc) is 1.57. The lowest BCUT2D eigenvalue weighted by Crippen LogP contribution is -2.61. The summed E-state index contributed by atoms with van der Waals surface area (Å²) in [5.74, 6) is -8.02. The molecule has 0 aliphatic carbocycles. The number of primary amides is 2. The van der Waals surface area contributed by atoms with E-state index in [1.807, 2.05) is 80.6 Å². The van der Waals surface area contributed by atoms with E-state index in [1.54, 1.807) is 54.6 Å². The molecule has 10 atom stereocenters. The number of aliphatic imine (C=N–C) groups is 1. The third-order valence-electron chi connectivity index (χ3n) is 18.6. The second kappa shape index (κ2) is 38.9. The Morgan fingerprint density at radius 2 is 0.971 bits per heavy atom. The number of guanidine groups is 1. The van der Waals surface area contributed by atoms with Crippen molar-refractivity contribution in [2.24, 2.45) is 33.8 Å². The van der Waals surface area contributed by atoms with Crippen molar-refractivity contribution in [3.05, 3.63) is 154 Å². The van der Waals surface area contributed by atoms with Gasteiger partial charge in [-0.25, -0.2) is 4.79 Å². The maximum absolute atomic E-state index is 15.3. The van der Waals surface area contributed by atoms with Gasteiger partial charge in [0.05, 0.1) is 19.8 Å². The summed E-state index contributed by atoms with van der Waals surface area (Å²) < 4.78 is 5.54. The van der Waals surface area contributed by atoms with Crippen molar-refractivity contribution < 1.29 is 62.6 Å². The molecule has 0 bridgehead atoms. The second-order valence-electron chi connectivity index (χ2n) is 27.0. The van der Waals surface area contributed by atoms with E-state index in [9.17, 15) is 53.1 Å². The number of likely N-dealkylation sites (tertiary alicyclic amines) is 2. The minimum absolute atomic E-state index is 0.0215. The van der Waals surface area contributed by atoms with Crippen LogP contribution in [0.4, 0.5) is 4.79 Å². The molecule has 0 saturated carbocycles. The first-order chi connectivity index (χ1) is 49.8. The number of ether oxygens (including phenoxy) is 1. The molecule has 3 fully saturated rings. The van der Waals surface area contributed by atoms with E-state index in [2.05, 4.69) is 52.4 Å². The molecule has 12 amide bonds. The number of amides is 12. The number of hydrogen-bond donors (Lipinski definition) is 13. The smallest absolute Gasteiger partial charge is 0.312 e. The molecule has 5 aromatic carbocycles. The Morgan fingerprint density at radius 3 is 1.54 bits per heavy atom. The number of nitrogens with one attached hydrogen (secondary N) is 8. The number of benzene rings is 5. The highest BCUT2D eigenvalue weighted by atomic mass is 35.5. The van der Waals surface area contributed by atoms with Crippen molar-refractivity contribution in [2.75, 3.05) is 52.5 Å². The number of nitrogens with zero attached hydrogens (tertiary/aromatic N) is 4. The monoisotopic (exact) mass is 1450 g/mol. The van der Waals surface area contributed by atoms with Crippen LogP contribution in [0, 0.1) is 5.92 Å². The number of halogens is 1. The molecule has 0 aromatic heterocycles. The van der Waals surface area contributed by atoms with Crippen LogP contribution in [-0.4, -0.2) is 204 Å². The first-order valence-electron chi connectivity index (χ1n) is 35.2. The number of aliphatic hydroxyl groups is 1. The zero-order valence-electron chi connectivity index (χ0n) is 58.9. The average molecular weight is 1450 g/mol. The van der Waals surface area contributed by atoms with Gasteiger partial charge in [-0.15, -0.1) is 0 Å². The Kier molecular flexibility index (Phi) is 29.7. The van der Waals surface area contributed by atoms with Gasteiger partial charge in [0.25, 0.3) is 0 Å². The van der Waals surface area contributed by atoms with Gasteiger partial charge in [0.2, 0.25) is 59.1 Å². The highest BCUT2D eigenvalue weighted by Crippen LogP contribution is 2.25. The van der Waals surface area contributed by atoms with Crippen LogP contribution in [0.1, 0.15) is 93.5 Å². The van der Waals surface area contributed by atoms with Crippen LogP contribution in [-0.2, 0) is 84.9 Å². The van der Waals surface area contributed by atoms with Crippen molar-refractivity contribution in [3.63, 3.8) is 0 Å². The Balaban J connectivity index is 1.02. The summed E-state index contributed by atoms with van der Waals surface area (Å²) in [6.07, 6.45) is 1.09. The van der Waals surface area contributed by atoms with E-state index in [0.717, 1.165) is 29.4 Å². The second-order valence-corrected chi connectivity index (χ2v) is 27.5. The molecule has 17 N–H and O–H groups in total. The van der Waals surface area contributed by atoms with Gasteiger partial charge in [0, 0.05) is 70.0 Å². The van der Waals surface area contributed by atoms with Crippen molar-refractivity contribution in [3.8, 4) is 0 Å². The topological polar surface area (TPSA) is 440 Å². The van der Waals surface area contributed by atoms with Crippen LogP contribution in [0.2, 0.25) is 5.02 Å². The summed E-state index contributed by atoms with van der Waals surface area (Å²) in [6.45, 7) is 7.67. The molecule has 0 spiro atoms. The fourth-order valence-corrected chi connectivity index (χ4v) is 13.1. The van der Waals surface area contributed by atoms with E-state index in [1.165, 1.54) is 16.7 Å². The van der Waals surface area contributed by atoms with Gasteiger partial charge in [-0.3, -0.25) is 57.8 Å². The summed E-state index contributed by atoms with van der Waals surface area (Å²) in [7, 11) is 0. The summed E-state index contributed by atoms with van der Waals surface area (Å²) in [5.41, 5.74) is 25.6. The Morgan fingerprint density at radius 1 is 0.510 bits per heavy atom. The van der Waals surface area contributed by atoms with Crippen LogP contribution in [0.5, 0.6) is 0 Å². The lowest BCUT2D eigenvalue weighted by molar-refractivity contribution is -0.143. The number of rotatable bonds is 35. The zero-order valence-corrected chi connectivity index (χ0v) is 59.6. The summed E-state index contributed by atoms with van der Waals surface area (Å²) >= 11 is 6.25. The maximum Gasteiger partial charge on any atom is 0.312 e. The first kappa shape index (κ1) is 79.5. The molecule has 29 nitrogen and oxygen atoms in total. The predicted molar refractivity (Wildman–Crippen MR) is 390 cm³/mol. The van der Waals surface area contributed by atoms with Gasteiger partial charge in [-0.1, -0.05) is 135 Å². The molecule has 30 heteroatoms. The Labute approximate surface area is 609 Å². The quantitative estimate of drug-likeness (QED) is 0.0150. The molecule has 3 saturated heterocycles. The SMILES string of the molecule is CC(C)C[C@H](NC(=O)[C@H]1CCCN1C(=O)[C@H](Cc1ccc(CN2CCOCC2)cc1)NC(=O)[C@H](CO)NC(=O)[C@@H](Cc1ccccc1)NC(=O)[C@@H](Cc1ccc(Cl)cc1)NC(=O)[C@@H](Cc1ccc2ccccc2c1)NC(N)=O)C(=O)N[C@@H](CCCN=C(N)N)C(=O)N1CCC[C@H]1C(=O)N[C@H](C)C(N)=O. The molecule has 8 rings (SSSR count). The van der Waals surface area contributed by atoms with E-state index in [0.29, 0.717) is 59.9 Å². The number of urea groups is 1. The molecule has 3 heterocycles. The van der Waals surface area contributed by atoms with Crippen LogP contribution in [0.25, 0.3) is 10.8 Å². The number of carbonyl (C=O) groups is 11. The molecule has 0 radical (unpaired) electrons. The van der Waals surface area contributed by atoms with Crippen LogP contribution in [0.15, 0.2) is 126 Å². The predicted octanol–water partition coefficient (Wildman–Crippen LogP) is 0.606. The van der Waals surface area contributed by atoms with Gasteiger partial charge < -0.3 is 85.1 Å². The minimum Gasteiger partial charge on any atom is -0.394 e. The van der Waals surface area contributed by atoms with E-state index in [-0.39, 0.29) is 89.3 Å². The fourth-order valence-electron chi connectivity index (χ4n) is 13.0. The van der Waals surface area contributed by atoms with Crippen LogP contribution < -0.4 is 65.5 Å². The minimum atomic E-state index is -1.75. The van der Waals surface area contributed by atoms with E-state index < -0.39 is 132 Å². The molecule has 0 unspecified atom stereocenters. The molecule has 558 valence electrons. The van der Waals surface area contributed by atoms with Gasteiger partial charge in [0.1, 0.15) is 60.4 Å². The highest BCUT2D eigenvalue weighted by Gasteiger charge is 2.43. The summed E-state index contributed by atoms with van der Waals surface area (Å²) in [4.78, 5) is 165. The molecule has 3 aliphatic rings. The highest BCUT2D eigenvalue weighted by molar-refractivity contribution is 6.30. The number of carbonyl (C=O) groups excluding carboxylic acids is 11. The van der Waals surface area contributed by atoms with E-state index >= 15 is 4.79 Å². The zero-order chi connectivity index (χ0) is 75.0. The fraction of sp³-hybridized carbons (Fsp3) is 0.459. The third-order valence-corrected chi connectivity index (χ3v) is 18.8. The Hall–Kier alpha value is -10.2. The number of fused-ring (bicyclic) bond motifs is 1. The number of morpholine rings is 1. The van der Waals surface area contributed by atoms with Crippen molar-refractivity contribution in [1.82, 2.24) is 57.2 Å². The third kappa shape index (κ3) is 23.7. The molecule has 5 aromatic rings. The summed E-state index contributed by atoms with van der Waals surface area (Å²) in [6, 6.07) is 21.7. The number of hydrogen-bond acceptors (Lipinski definition) is 15. The van der Waals surface area contributed by atoms with Gasteiger partial charge >= 0.3 is 6.03 Å². The van der Waals surface area contributed by atoms with Gasteiger partial charge in [-0.05, 0) is 109 Å². The Bertz CT molecular complexity index is 3840. The lowest BCUT2D eigenvalue weighted by atomic mass is 9.99. The number of nitrogens with two attached hydrogens (primary N) is 4. The van der Waals surface area contributed by atoms with Gasteiger partial charge in [0.15, 0.2) is 5.96 Å². The van der Waals surface area contributed by atoms with Gasteiger partial charge in [-0.2, -0.15) is 0 Å². The standard InChI is InChI=1S/C74H97ClN16O13/c1-44(2)36-55(64(94)82-54(16-9-29-80-73(77)78)71(101)90-30-10-17-61(90)69(99)81-45(3)63(76)93)85-70(100)62-18-11-31-91(62)72(102)59(40-47-19-21-49(22-20-47)42-89-32-34-104-35-33-89)86-68(98)60(43-92)87-66(96)56(38-46-12-5-4-6-13-46)83-65(95)57(39-48-24-27-53(75)28-25-48)84-67(97)58(88-74(79)103)41-50-23-26-51-14-7-8-15-52(51)37-50/h4-8,12-15,19-28,37,44-45,54-62,92H,9-11,16-18,29-36,38-43H2,1-3H3,(H2,76,93)(H,81,99)(H,82,94)(H,83,95)(H,84,97)(H,85,100)(H,86,98)(H,87,96)(H4,77,78,80)(H3,79,88,103)/t45-,54+,55+,56-,57-,58-,59+,60+,61+,62-/m1/s1. The van der Waals surface area contributed by atoms with Crippen molar-refractivity contribution in [2.45, 2.75) is 158 Å². The maximum atomic E-state index is 15.3. The van der Waals surface area contributed by atoms with Crippen molar-refractivity contribution in [1.29, 1.82) is 0 Å². The molecule has 104 heavy (non-hydrogen) atoms. The molecule has 3 aliphatic heterocycles. The lowest BCUT2D eigenvalue weighted by Gasteiger charge is -2.32. The largest absolute Gasteiger partial charge is 0.394 e. The normalized spacial score (nSPS) is 17.5. The number of aliphatic hydroxyl groups excluding tert-OH is 1. The molecular formula is C74H97ClN16O13. The molecular weight excluding hydrogens is 1360 g/mol. The summed E-state index contributed by atoms with van der Waals surface area (Å²) in [5, 5.41) is 34.9. The van der Waals surface area contributed by atoms with E-state index in [4.69, 9.17) is 39.3 Å². The van der Waals surface area contributed by atoms with Crippen LogP contribution >= 0.6 is 11.6 Å². The van der Waals surface area contributed by atoms with Crippen LogP contribution in [0.3, 0.4) is 0 Å². The van der Waals surface area contributed by atoms with Crippen molar-refractivity contribution >= 4 is 93.4 Å². The first-order valence-corrected chi connectivity index (χ1v) is 35.6.